The molecule has 2 aromatic rings. The lowest BCUT2D eigenvalue weighted by molar-refractivity contribution is -0.128. The minimum absolute atomic E-state index is 0.174. The van der Waals surface area contributed by atoms with E-state index in [2.05, 4.69) is 21.4 Å². The lowest BCUT2D eigenvalue weighted by atomic mass is 10.3. The maximum absolute atomic E-state index is 11.7. The molecule has 0 spiro atoms. The van der Waals surface area contributed by atoms with Crippen LogP contribution in [0.2, 0.25) is 0 Å². The zero-order valence-electron chi connectivity index (χ0n) is 11.0. The summed E-state index contributed by atoms with van der Waals surface area (Å²) in [6.45, 7) is 1.01. The first kappa shape index (κ1) is 15.0. The quantitative estimate of drug-likeness (QED) is 0.810. The first-order valence-electron chi connectivity index (χ1n) is 6.07. The molecule has 0 unspecified atom stereocenters. The highest BCUT2D eigenvalue weighted by Gasteiger charge is 2.08. The van der Waals surface area contributed by atoms with Gasteiger partial charge in [0, 0.05) is 11.4 Å². The Kier molecular flexibility index (Phi) is 5.58. The molecule has 0 radical (unpaired) electrons. The number of para-hydroxylation sites is 1. The molecule has 106 valence electrons. The lowest BCUT2D eigenvalue weighted by Gasteiger charge is -2.15. The summed E-state index contributed by atoms with van der Waals surface area (Å²) >= 11 is 5.09. The van der Waals surface area contributed by atoms with E-state index in [-0.39, 0.29) is 12.5 Å². The number of hydrogen-bond donors (Lipinski definition) is 1. The molecule has 0 saturated heterocycles. The molecule has 1 heterocycles. The van der Waals surface area contributed by atoms with Crippen LogP contribution < -0.4 is 10.3 Å². The second kappa shape index (κ2) is 7.42. The van der Waals surface area contributed by atoms with Gasteiger partial charge >= 0.3 is 0 Å². The van der Waals surface area contributed by atoms with Gasteiger partial charge in [-0.05, 0) is 47.2 Å². The van der Waals surface area contributed by atoms with Crippen LogP contribution >= 0.6 is 27.3 Å². The monoisotopic (exact) mass is 354 g/mol. The number of likely N-dealkylation sites (N-methyl/N-ethyl adjacent to an activating group) is 1. The van der Waals surface area contributed by atoms with Crippen LogP contribution in [-0.4, -0.2) is 24.4 Å². The molecule has 0 bridgehead atoms. The number of carbonyl (C=O) groups excluding carboxylic acids is 1. The fourth-order valence-electron chi connectivity index (χ4n) is 1.64. The number of nitrogens with one attached hydrogen (secondary N) is 1. The van der Waals surface area contributed by atoms with Crippen molar-refractivity contribution in [2.24, 2.45) is 0 Å². The van der Waals surface area contributed by atoms with Gasteiger partial charge in [-0.2, -0.15) is 5.48 Å². The van der Waals surface area contributed by atoms with Gasteiger partial charge in [-0.25, -0.2) is 0 Å². The standard InChI is InChI=1S/C14H15BrN2O2S/c1-17(9-12-7-8-13(15)20-12)10-14(18)16-19-11-5-3-2-4-6-11/h2-8H,9-10H2,1H3,(H,16,18). The number of rotatable bonds is 6. The Balaban J connectivity index is 1.73. The summed E-state index contributed by atoms with van der Waals surface area (Å²) in [6, 6.07) is 13.2. The van der Waals surface area contributed by atoms with E-state index in [4.69, 9.17) is 4.84 Å². The van der Waals surface area contributed by atoms with E-state index in [1.165, 1.54) is 4.88 Å². The van der Waals surface area contributed by atoms with Crippen molar-refractivity contribution < 1.29 is 9.63 Å². The molecule has 0 aliphatic heterocycles. The number of hydrogen-bond acceptors (Lipinski definition) is 4. The second-order valence-corrected chi connectivity index (χ2v) is 6.87. The number of halogens is 1. The van der Waals surface area contributed by atoms with Crippen LogP contribution in [0.3, 0.4) is 0 Å². The van der Waals surface area contributed by atoms with E-state index in [9.17, 15) is 4.79 Å². The number of hydroxylamine groups is 1. The largest absolute Gasteiger partial charge is 0.380 e. The molecule has 1 amide bonds. The SMILES string of the molecule is CN(CC(=O)NOc1ccccc1)Cc1ccc(Br)s1. The Hall–Kier alpha value is -1.37. The van der Waals surface area contributed by atoms with E-state index in [0.717, 1.165) is 10.3 Å². The molecule has 0 atom stereocenters. The van der Waals surface area contributed by atoms with Crippen molar-refractivity contribution in [1.82, 2.24) is 10.4 Å². The van der Waals surface area contributed by atoms with E-state index in [1.54, 1.807) is 23.5 Å². The molecule has 20 heavy (non-hydrogen) atoms. The number of nitrogens with zero attached hydrogens (tertiary/aromatic N) is 1. The van der Waals surface area contributed by atoms with Gasteiger partial charge in [-0.1, -0.05) is 18.2 Å². The second-order valence-electron chi connectivity index (χ2n) is 4.32. The fraction of sp³-hybridized carbons (Fsp3) is 0.214. The smallest absolute Gasteiger partial charge is 0.266 e. The van der Waals surface area contributed by atoms with Crippen LogP contribution in [0.15, 0.2) is 46.3 Å². The van der Waals surface area contributed by atoms with Gasteiger partial charge in [0.05, 0.1) is 10.3 Å². The summed E-state index contributed by atoms with van der Waals surface area (Å²) < 4.78 is 1.10. The topological polar surface area (TPSA) is 41.6 Å². The van der Waals surface area contributed by atoms with Crippen molar-refractivity contribution in [3.63, 3.8) is 0 Å². The summed E-state index contributed by atoms with van der Waals surface area (Å²) in [6.07, 6.45) is 0. The molecular formula is C14H15BrN2O2S. The Morgan fingerprint density at radius 1 is 1.30 bits per heavy atom. The number of carbonyl (C=O) groups is 1. The van der Waals surface area contributed by atoms with E-state index >= 15 is 0 Å². The van der Waals surface area contributed by atoms with Gasteiger partial charge in [0.2, 0.25) is 0 Å². The highest BCUT2D eigenvalue weighted by atomic mass is 79.9. The Labute approximate surface area is 130 Å². The molecular weight excluding hydrogens is 340 g/mol. The van der Waals surface area contributed by atoms with E-state index in [0.29, 0.717) is 5.75 Å². The number of benzene rings is 1. The summed E-state index contributed by atoms with van der Waals surface area (Å²) in [4.78, 5) is 20.1. The first-order valence-corrected chi connectivity index (χ1v) is 7.68. The van der Waals surface area contributed by atoms with Crippen LogP contribution in [0.5, 0.6) is 5.75 Å². The van der Waals surface area contributed by atoms with E-state index in [1.807, 2.05) is 42.3 Å². The molecule has 0 saturated carbocycles. The number of thiophene rings is 1. The highest BCUT2D eigenvalue weighted by molar-refractivity contribution is 9.11. The molecule has 0 fully saturated rings. The zero-order chi connectivity index (χ0) is 14.4. The fourth-order valence-corrected chi connectivity index (χ4v) is 3.20. The highest BCUT2D eigenvalue weighted by Crippen LogP contribution is 2.22. The number of amides is 1. The zero-order valence-corrected chi connectivity index (χ0v) is 13.4. The van der Waals surface area contributed by atoms with Crippen molar-refractivity contribution in [3.05, 3.63) is 51.1 Å². The Morgan fingerprint density at radius 2 is 2.05 bits per heavy atom. The molecule has 0 aliphatic rings. The van der Waals surface area contributed by atoms with Gasteiger partial charge in [0.25, 0.3) is 5.91 Å². The van der Waals surface area contributed by atoms with Crippen LogP contribution in [0.4, 0.5) is 0 Å². The van der Waals surface area contributed by atoms with Crippen molar-refractivity contribution in [2.75, 3.05) is 13.6 Å². The van der Waals surface area contributed by atoms with Gasteiger partial charge < -0.3 is 4.84 Å². The lowest BCUT2D eigenvalue weighted by Crippen LogP contribution is -2.36. The molecule has 4 nitrogen and oxygen atoms in total. The van der Waals surface area contributed by atoms with E-state index < -0.39 is 0 Å². The maximum atomic E-state index is 11.7. The Morgan fingerprint density at radius 3 is 2.70 bits per heavy atom. The molecule has 1 N–H and O–H groups in total. The van der Waals surface area contributed by atoms with Gasteiger partial charge in [0.1, 0.15) is 0 Å². The van der Waals surface area contributed by atoms with Crippen LogP contribution in [0, 0.1) is 0 Å². The van der Waals surface area contributed by atoms with Gasteiger partial charge in [-0.15, -0.1) is 11.3 Å². The minimum atomic E-state index is -0.174. The summed E-state index contributed by atoms with van der Waals surface area (Å²) in [5.74, 6) is 0.442. The minimum Gasteiger partial charge on any atom is -0.380 e. The predicted octanol–water partition coefficient (Wildman–Crippen LogP) is 3.05. The van der Waals surface area contributed by atoms with Crippen molar-refractivity contribution in [1.29, 1.82) is 0 Å². The Bertz CT molecular complexity index is 559. The summed E-state index contributed by atoms with van der Waals surface area (Å²) in [5, 5.41) is 0. The third kappa shape index (κ3) is 4.96. The average Bonchev–Trinajstić information content (AvgIpc) is 2.83. The third-order valence-electron chi connectivity index (χ3n) is 2.49. The molecule has 1 aromatic carbocycles. The van der Waals surface area contributed by atoms with Crippen molar-refractivity contribution >= 4 is 33.2 Å². The van der Waals surface area contributed by atoms with Crippen molar-refractivity contribution in [3.8, 4) is 5.75 Å². The molecule has 6 heteroatoms. The normalized spacial score (nSPS) is 10.6. The molecule has 0 aliphatic carbocycles. The summed E-state index contributed by atoms with van der Waals surface area (Å²) in [7, 11) is 1.90. The first-order chi connectivity index (χ1) is 9.63. The van der Waals surface area contributed by atoms with Crippen LogP contribution in [0.1, 0.15) is 4.88 Å². The van der Waals surface area contributed by atoms with Crippen molar-refractivity contribution in [2.45, 2.75) is 6.54 Å². The molecule has 1 aromatic heterocycles. The summed E-state index contributed by atoms with van der Waals surface area (Å²) in [5.41, 5.74) is 2.43. The third-order valence-corrected chi connectivity index (χ3v) is 4.10. The predicted molar refractivity (Wildman–Crippen MR) is 83.6 cm³/mol. The average molecular weight is 355 g/mol. The van der Waals surface area contributed by atoms with Gasteiger partial charge in [-0.3, -0.25) is 9.69 Å². The van der Waals surface area contributed by atoms with Crippen LogP contribution in [0.25, 0.3) is 0 Å². The molecule has 2 rings (SSSR count). The van der Waals surface area contributed by atoms with Gasteiger partial charge in [0.15, 0.2) is 5.75 Å². The maximum Gasteiger partial charge on any atom is 0.266 e. The van der Waals surface area contributed by atoms with Crippen LogP contribution in [-0.2, 0) is 11.3 Å².